The topological polar surface area (TPSA) is 76.2 Å². The zero-order valence-corrected chi connectivity index (χ0v) is 8.04. The molecule has 0 saturated carbocycles. The Morgan fingerprint density at radius 2 is 2.06 bits per heavy atom. The Balaban J connectivity index is 2.40. The van der Waals surface area contributed by atoms with E-state index in [0.29, 0.717) is 11.3 Å². The molecule has 0 aliphatic carbocycles. The summed E-state index contributed by atoms with van der Waals surface area (Å²) in [7, 11) is 0. The van der Waals surface area contributed by atoms with Gasteiger partial charge in [-0.25, -0.2) is 4.79 Å². The number of benzene rings is 1. The molecular formula is C11H6N2O3. The van der Waals surface area contributed by atoms with Gasteiger partial charge in [-0.1, -0.05) is 18.2 Å². The van der Waals surface area contributed by atoms with Gasteiger partial charge in [0, 0.05) is 5.39 Å². The molecule has 1 N–H and O–H groups in total. The molecule has 2 aliphatic heterocycles. The Morgan fingerprint density at radius 1 is 1.25 bits per heavy atom. The number of hydrogen-bond acceptors (Lipinski definition) is 4. The molecule has 2 aliphatic rings. The van der Waals surface area contributed by atoms with E-state index in [0.717, 1.165) is 5.39 Å². The van der Waals surface area contributed by atoms with Gasteiger partial charge in [-0.2, -0.15) is 0 Å². The number of aromatic carboxylic acids is 1. The first kappa shape index (κ1) is 8.84. The monoisotopic (exact) mass is 214 g/mol. The van der Waals surface area contributed by atoms with Crippen LogP contribution in [0.25, 0.3) is 22.4 Å². The number of carbonyl (C=O) groups is 1. The van der Waals surface area contributed by atoms with Gasteiger partial charge in [-0.15, -0.1) is 10.2 Å². The number of carboxylic acids is 1. The summed E-state index contributed by atoms with van der Waals surface area (Å²) in [6.45, 7) is 0. The van der Waals surface area contributed by atoms with Crippen LogP contribution in [0.2, 0.25) is 0 Å². The van der Waals surface area contributed by atoms with Crippen LogP contribution < -0.4 is 0 Å². The Bertz CT molecular complexity index is 659. The third kappa shape index (κ3) is 1.15. The number of rotatable bonds is 1. The largest absolute Gasteiger partial charge is 0.476 e. The van der Waals surface area contributed by atoms with Crippen molar-refractivity contribution in [1.29, 1.82) is 0 Å². The van der Waals surface area contributed by atoms with Gasteiger partial charge in [0.25, 0.3) is 0 Å². The molecule has 1 aromatic carbocycles. The second kappa shape index (κ2) is 3.03. The minimum atomic E-state index is -1.14. The van der Waals surface area contributed by atoms with Crippen LogP contribution in [0.15, 0.2) is 34.7 Å². The van der Waals surface area contributed by atoms with Crippen LogP contribution >= 0.6 is 0 Å². The predicted octanol–water partition coefficient (Wildman–Crippen LogP) is 2.03. The highest BCUT2D eigenvalue weighted by atomic mass is 16.4. The van der Waals surface area contributed by atoms with Gasteiger partial charge in [0.1, 0.15) is 11.3 Å². The number of carboxylic acid groups (broad SMARTS) is 1. The number of fused-ring (bicyclic) bond motifs is 2. The van der Waals surface area contributed by atoms with Gasteiger partial charge in [-0.05, 0) is 12.1 Å². The Morgan fingerprint density at radius 3 is 2.88 bits per heavy atom. The molecule has 5 nitrogen and oxygen atoms in total. The fourth-order valence-corrected chi connectivity index (χ4v) is 1.60. The Hall–Kier alpha value is -2.43. The molecule has 0 spiro atoms. The minimum Gasteiger partial charge on any atom is -0.476 e. The van der Waals surface area contributed by atoms with Crippen molar-refractivity contribution in [1.82, 2.24) is 10.2 Å². The highest BCUT2D eigenvalue weighted by Gasteiger charge is 2.22. The lowest BCUT2D eigenvalue weighted by molar-refractivity contribution is 0.0690. The van der Waals surface area contributed by atoms with Crippen LogP contribution in [-0.2, 0) is 0 Å². The van der Waals surface area contributed by atoms with Crippen LogP contribution in [0.1, 0.15) is 10.5 Å². The fraction of sp³-hybridized carbons (Fsp3) is 0. The molecule has 0 saturated heterocycles. The van der Waals surface area contributed by atoms with Crippen LogP contribution in [0, 0.1) is 0 Å². The second-order valence-electron chi connectivity index (χ2n) is 3.35. The van der Waals surface area contributed by atoms with E-state index >= 15 is 0 Å². The maximum atomic E-state index is 10.8. The summed E-state index contributed by atoms with van der Waals surface area (Å²) in [6.07, 6.45) is 0. The number of hydrogen-bond donors (Lipinski definition) is 1. The smallest absolute Gasteiger partial charge is 0.360 e. The van der Waals surface area contributed by atoms with Gasteiger partial charge in [-0.3, -0.25) is 0 Å². The minimum absolute atomic E-state index is 0.152. The zero-order chi connectivity index (χ0) is 11.1. The van der Waals surface area contributed by atoms with E-state index in [1.165, 1.54) is 0 Å². The summed E-state index contributed by atoms with van der Waals surface area (Å²) < 4.78 is 5.47. The maximum absolute atomic E-state index is 10.8. The van der Waals surface area contributed by atoms with Crippen LogP contribution in [0.4, 0.5) is 0 Å². The molecular weight excluding hydrogens is 208 g/mol. The first-order valence-corrected chi connectivity index (χ1v) is 4.64. The van der Waals surface area contributed by atoms with E-state index in [1.807, 2.05) is 18.2 Å². The first-order chi connectivity index (χ1) is 7.75. The molecule has 16 heavy (non-hydrogen) atoms. The van der Waals surface area contributed by atoms with Crippen molar-refractivity contribution in [2.24, 2.45) is 0 Å². The van der Waals surface area contributed by atoms with Crippen molar-refractivity contribution < 1.29 is 14.3 Å². The molecule has 0 atom stereocenters. The van der Waals surface area contributed by atoms with Gasteiger partial charge < -0.3 is 9.52 Å². The van der Waals surface area contributed by atoms with Crippen molar-refractivity contribution in [3.63, 3.8) is 0 Å². The van der Waals surface area contributed by atoms with E-state index in [9.17, 15) is 4.79 Å². The van der Waals surface area contributed by atoms with E-state index in [4.69, 9.17) is 9.52 Å². The molecule has 0 bridgehead atoms. The average Bonchev–Trinajstić information content (AvgIpc) is 2.68. The summed E-state index contributed by atoms with van der Waals surface area (Å²) in [4.78, 5) is 10.8. The first-order valence-electron chi connectivity index (χ1n) is 4.64. The lowest BCUT2D eigenvalue weighted by Crippen LogP contribution is -1.97. The van der Waals surface area contributed by atoms with Gasteiger partial charge in [0.2, 0.25) is 5.69 Å². The van der Waals surface area contributed by atoms with Gasteiger partial charge >= 0.3 is 5.97 Å². The van der Waals surface area contributed by atoms with Crippen molar-refractivity contribution in [2.45, 2.75) is 0 Å². The lowest BCUT2D eigenvalue weighted by atomic mass is 10.2. The van der Waals surface area contributed by atoms with E-state index in [1.54, 1.807) is 12.1 Å². The van der Waals surface area contributed by atoms with E-state index < -0.39 is 5.97 Å². The highest BCUT2D eigenvalue weighted by molar-refractivity contribution is 5.94. The summed E-state index contributed by atoms with van der Waals surface area (Å²) in [5, 5.41) is 17.1. The SMILES string of the molecule is O=C(O)c1nnc2cc3ccccc3oc1-2. The van der Waals surface area contributed by atoms with Gasteiger partial charge in [0.05, 0.1) is 0 Å². The summed E-state index contributed by atoms with van der Waals surface area (Å²) >= 11 is 0. The molecule has 0 unspecified atom stereocenters. The van der Waals surface area contributed by atoms with Crippen LogP contribution in [0.3, 0.4) is 0 Å². The summed E-state index contributed by atoms with van der Waals surface area (Å²) in [6, 6.07) is 9.09. The summed E-state index contributed by atoms with van der Waals surface area (Å²) in [5.41, 5.74) is 0.921. The van der Waals surface area contributed by atoms with Gasteiger partial charge in [0.15, 0.2) is 5.76 Å². The molecule has 0 radical (unpaired) electrons. The molecule has 0 aromatic heterocycles. The fourth-order valence-electron chi connectivity index (χ4n) is 1.60. The third-order valence-electron chi connectivity index (χ3n) is 2.33. The van der Waals surface area contributed by atoms with Crippen LogP contribution in [-0.4, -0.2) is 21.3 Å². The molecule has 2 heterocycles. The molecule has 78 valence electrons. The molecule has 3 rings (SSSR count). The van der Waals surface area contributed by atoms with Crippen molar-refractivity contribution in [2.75, 3.05) is 0 Å². The second-order valence-corrected chi connectivity index (χ2v) is 3.35. The quantitative estimate of drug-likeness (QED) is 0.670. The number of nitrogens with zero attached hydrogens (tertiary/aromatic N) is 2. The molecule has 0 amide bonds. The standard InChI is InChI=1S/C11H6N2O3/c14-11(15)9-10-7(12-13-9)5-6-3-1-2-4-8(6)16-10/h1-5H,(H,14,15). The lowest BCUT2D eigenvalue weighted by Gasteiger charge is -2.00. The zero-order valence-electron chi connectivity index (χ0n) is 8.04. The molecule has 5 heteroatoms. The van der Waals surface area contributed by atoms with E-state index in [-0.39, 0.29) is 11.5 Å². The van der Waals surface area contributed by atoms with Crippen molar-refractivity contribution >= 4 is 16.9 Å². The average molecular weight is 214 g/mol. The normalized spacial score (nSPS) is 11.0. The van der Waals surface area contributed by atoms with Crippen molar-refractivity contribution in [3.8, 4) is 11.5 Å². The maximum Gasteiger partial charge on any atom is 0.360 e. The van der Waals surface area contributed by atoms with E-state index in [2.05, 4.69) is 10.2 Å². The number of para-hydroxylation sites is 1. The predicted molar refractivity (Wildman–Crippen MR) is 55.4 cm³/mol. The summed E-state index contributed by atoms with van der Waals surface area (Å²) in [5.74, 6) is -0.923. The molecule has 1 aromatic rings. The third-order valence-corrected chi connectivity index (χ3v) is 2.33. The Kier molecular flexibility index (Phi) is 1.67. The Labute approximate surface area is 89.7 Å². The van der Waals surface area contributed by atoms with Crippen molar-refractivity contribution in [3.05, 3.63) is 36.0 Å². The van der Waals surface area contributed by atoms with Crippen LogP contribution in [0.5, 0.6) is 0 Å². The molecule has 0 fully saturated rings. The number of aromatic nitrogens is 2. The highest BCUT2D eigenvalue weighted by Crippen LogP contribution is 2.28.